The molecule has 134 valence electrons. The summed E-state index contributed by atoms with van der Waals surface area (Å²) in [5.74, 6) is 1.00. The van der Waals surface area contributed by atoms with Crippen molar-refractivity contribution >= 4 is 39.4 Å². The standard InChI is InChI=1S/C16H16Cl2N2O4S/c1-3-24-16-11(5-4-6-15(16)23-2)10-19-20-25(21,22)12-7-8-13(17)14(18)9-12/h4-10,20H,3H2,1-2H3/b19-10+. The molecule has 1 N–H and O–H groups in total. The molecule has 2 rings (SSSR count). The SMILES string of the molecule is CCOc1c(/C=N/NS(=O)(=O)c2ccc(Cl)c(Cl)c2)cccc1OC. The number of nitrogens with zero attached hydrogens (tertiary/aromatic N) is 1. The number of hydrogen-bond acceptors (Lipinski definition) is 5. The Hall–Kier alpha value is -1.96. The Bertz CT molecular complexity index is 886. The summed E-state index contributed by atoms with van der Waals surface area (Å²) in [6.07, 6.45) is 1.34. The zero-order chi connectivity index (χ0) is 18.4. The zero-order valence-electron chi connectivity index (χ0n) is 13.5. The van der Waals surface area contributed by atoms with Crippen molar-refractivity contribution in [2.24, 2.45) is 5.10 Å². The molecule has 0 aliphatic heterocycles. The number of hydrazone groups is 1. The van der Waals surface area contributed by atoms with Crippen molar-refractivity contribution in [2.45, 2.75) is 11.8 Å². The summed E-state index contributed by atoms with van der Waals surface area (Å²) in [4.78, 5) is 2.07. The van der Waals surface area contributed by atoms with Gasteiger partial charge in [-0.25, -0.2) is 4.83 Å². The number of rotatable bonds is 7. The Morgan fingerprint density at radius 3 is 2.60 bits per heavy atom. The number of para-hydroxylation sites is 1. The minimum absolute atomic E-state index is 0.0466. The van der Waals surface area contributed by atoms with E-state index in [0.717, 1.165) is 0 Å². The van der Waals surface area contributed by atoms with Crippen LogP contribution in [0.15, 0.2) is 46.4 Å². The number of sulfonamides is 1. The van der Waals surface area contributed by atoms with Crippen molar-refractivity contribution in [3.05, 3.63) is 52.0 Å². The Kier molecular flexibility index (Phi) is 6.52. The summed E-state index contributed by atoms with van der Waals surface area (Å²) >= 11 is 11.6. The minimum Gasteiger partial charge on any atom is -0.493 e. The molecular weight excluding hydrogens is 387 g/mol. The molecule has 6 nitrogen and oxygen atoms in total. The highest BCUT2D eigenvalue weighted by molar-refractivity contribution is 7.89. The molecular formula is C16H16Cl2N2O4S. The van der Waals surface area contributed by atoms with Crippen molar-refractivity contribution in [3.8, 4) is 11.5 Å². The lowest BCUT2D eigenvalue weighted by atomic mass is 10.2. The van der Waals surface area contributed by atoms with Gasteiger partial charge in [-0.2, -0.15) is 13.5 Å². The molecule has 0 bridgehead atoms. The summed E-state index contributed by atoms with van der Waals surface area (Å²) in [7, 11) is -2.35. The van der Waals surface area contributed by atoms with E-state index in [1.165, 1.54) is 31.5 Å². The third kappa shape index (κ3) is 4.78. The molecule has 0 aromatic heterocycles. The first-order valence-corrected chi connectivity index (χ1v) is 9.42. The van der Waals surface area contributed by atoms with Gasteiger partial charge in [0.15, 0.2) is 11.5 Å². The van der Waals surface area contributed by atoms with Crippen LogP contribution in [-0.2, 0) is 10.0 Å². The lowest BCUT2D eigenvalue weighted by Gasteiger charge is -2.11. The second kappa shape index (κ2) is 8.42. The van der Waals surface area contributed by atoms with Crippen LogP contribution in [0, 0.1) is 0 Å². The van der Waals surface area contributed by atoms with Crippen LogP contribution < -0.4 is 14.3 Å². The van der Waals surface area contributed by atoms with Crippen molar-refractivity contribution in [1.82, 2.24) is 4.83 Å². The van der Waals surface area contributed by atoms with Gasteiger partial charge in [0.05, 0.1) is 34.9 Å². The van der Waals surface area contributed by atoms with E-state index in [1.54, 1.807) is 18.2 Å². The van der Waals surface area contributed by atoms with Gasteiger partial charge >= 0.3 is 0 Å². The van der Waals surface area contributed by atoms with E-state index < -0.39 is 10.0 Å². The van der Waals surface area contributed by atoms with Crippen molar-refractivity contribution < 1.29 is 17.9 Å². The number of hydrogen-bond donors (Lipinski definition) is 1. The second-order valence-corrected chi connectivity index (χ2v) is 7.22. The first kappa shape index (κ1) is 19.4. The lowest BCUT2D eigenvalue weighted by Crippen LogP contribution is -2.18. The van der Waals surface area contributed by atoms with Crippen LogP contribution in [0.2, 0.25) is 10.0 Å². The summed E-state index contributed by atoms with van der Waals surface area (Å²) < 4.78 is 35.2. The predicted molar refractivity (Wildman–Crippen MR) is 98.5 cm³/mol. The highest BCUT2D eigenvalue weighted by atomic mass is 35.5. The Morgan fingerprint density at radius 1 is 1.20 bits per heavy atom. The van der Waals surface area contributed by atoms with Crippen molar-refractivity contribution in [3.63, 3.8) is 0 Å². The van der Waals surface area contributed by atoms with Gasteiger partial charge in [-0.1, -0.05) is 29.3 Å². The molecule has 0 saturated heterocycles. The van der Waals surface area contributed by atoms with E-state index in [9.17, 15) is 8.42 Å². The van der Waals surface area contributed by atoms with E-state index in [0.29, 0.717) is 23.7 Å². The topological polar surface area (TPSA) is 77.0 Å². The molecule has 0 fully saturated rings. The predicted octanol–water partition coefficient (Wildman–Crippen LogP) is 3.71. The van der Waals surface area contributed by atoms with Crippen LogP contribution in [0.4, 0.5) is 0 Å². The van der Waals surface area contributed by atoms with Crippen molar-refractivity contribution in [2.75, 3.05) is 13.7 Å². The molecule has 9 heteroatoms. The second-order valence-electron chi connectivity index (χ2n) is 4.74. The fourth-order valence-electron chi connectivity index (χ4n) is 1.96. The molecule has 2 aromatic carbocycles. The van der Waals surface area contributed by atoms with Gasteiger partial charge in [0, 0.05) is 5.56 Å². The van der Waals surface area contributed by atoms with Crippen LogP contribution in [-0.4, -0.2) is 28.3 Å². The van der Waals surface area contributed by atoms with Gasteiger partial charge in [0.2, 0.25) is 0 Å². The minimum atomic E-state index is -3.87. The molecule has 0 spiro atoms. The summed E-state index contributed by atoms with van der Waals surface area (Å²) in [5.41, 5.74) is 0.568. The smallest absolute Gasteiger partial charge is 0.276 e. The number of nitrogens with one attached hydrogen (secondary N) is 1. The van der Waals surface area contributed by atoms with Gasteiger partial charge < -0.3 is 9.47 Å². The molecule has 0 aliphatic rings. The monoisotopic (exact) mass is 402 g/mol. The molecule has 0 heterocycles. The summed E-state index contributed by atoms with van der Waals surface area (Å²) in [6.45, 7) is 2.26. The van der Waals surface area contributed by atoms with Gasteiger partial charge in [0.25, 0.3) is 10.0 Å². The largest absolute Gasteiger partial charge is 0.493 e. The molecule has 0 saturated carbocycles. The van der Waals surface area contributed by atoms with Gasteiger partial charge in [-0.3, -0.25) is 0 Å². The lowest BCUT2D eigenvalue weighted by molar-refractivity contribution is 0.310. The molecule has 0 radical (unpaired) electrons. The van der Waals surface area contributed by atoms with E-state index >= 15 is 0 Å². The van der Waals surface area contributed by atoms with Crippen LogP contribution in [0.3, 0.4) is 0 Å². The average Bonchev–Trinajstić information content (AvgIpc) is 2.58. The molecule has 0 amide bonds. The maximum Gasteiger partial charge on any atom is 0.276 e. The van der Waals surface area contributed by atoms with E-state index in [4.69, 9.17) is 32.7 Å². The highest BCUT2D eigenvalue weighted by Gasteiger charge is 2.15. The van der Waals surface area contributed by atoms with Gasteiger partial charge in [0.1, 0.15) is 0 Å². The Labute approximate surface area is 156 Å². The maximum absolute atomic E-state index is 12.2. The first-order valence-electron chi connectivity index (χ1n) is 7.18. The van der Waals surface area contributed by atoms with Crippen molar-refractivity contribution in [1.29, 1.82) is 0 Å². The third-order valence-corrected chi connectivity index (χ3v) is 5.06. The maximum atomic E-state index is 12.2. The normalized spacial score (nSPS) is 11.5. The van der Waals surface area contributed by atoms with Crippen LogP contribution in [0.25, 0.3) is 0 Å². The van der Waals surface area contributed by atoms with E-state index in [2.05, 4.69) is 9.93 Å². The Balaban J connectivity index is 2.24. The summed E-state index contributed by atoms with van der Waals surface area (Å²) in [5, 5.41) is 4.19. The van der Waals surface area contributed by atoms with Gasteiger partial charge in [-0.05, 0) is 37.3 Å². The van der Waals surface area contributed by atoms with E-state index in [-0.39, 0.29) is 14.9 Å². The Morgan fingerprint density at radius 2 is 1.96 bits per heavy atom. The van der Waals surface area contributed by atoms with Gasteiger partial charge in [-0.15, -0.1) is 0 Å². The molecule has 0 atom stereocenters. The molecule has 25 heavy (non-hydrogen) atoms. The molecule has 0 aliphatic carbocycles. The summed E-state index contributed by atoms with van der Waals surface area (Å²) in [6, 6.07) is 9.20. The quantitative estimate of drug-likeness (QED) is 0.565. The zero-order valence-corrected chi connectivity index (χ0v) is 15.8. The van der Waals surface area contributed by atoms with E-state index in [1.807, 2.05) is 6.92 Å². The van der Waals surface area contributed by atoms with Crippen LogP contribution in [0.1, 0.15) is 12.5 Å². The number of halogens is 2. The fraction of sp³-hybridized carbons (Fsp3) is 0.188. The average molecular weight is 403 g/mol. The number of methoxy groups -OCH3 is 1. The third-order valence-electron chi connectivity index (χ3n) is 3.10. The number of ether oxygens (including phenoxy) is 2. The first-order chi connectivity index (χ1) is 11.9. The highest BCUT2D eigenvalue weighted by Crippen LogP contribution is 2.30. The molecule has 2 aromatic rings. The van der Waals surface area contributed by atoms with Crippen LogP contribution in [0.5, 0.6) is 11.5 Å². The fourth-order valence-corrected chi connectivity index (χ4v) is 3.14. The molecule has 0 unspecified atom stereocenters. The van der Waals surface area contributed by atoms with Crippen LogP contribution >= 0.6 is 23.2 Å². The number of benzene rings is 2.